The van der Waals surface area contributed by atoms with Crippen molar-refractivity contribution >= 4 is 11.6 Å². The van der Waals surface area contributed by atoms with Crippen molar-refractivity contribution in [3.8, 4) is 22.9 Å². The van der Waals surface area contributed by atoms with Crippen molar-refractivity contribution in [2.75, 3.05) is 25.9 Å². The Labute approximate surface area is 241 Å². The van der Waals surface area contributed by atoms with Gasteiger partial charge in [0.25, 0.3) is 5.91 Å². The molecule has 0 bridgehead atoms. The second-order valence-electron chi connectivity index (χ2n) is 10.0. The van der Waals surface area contributed by atoms with E-state index in [1.54, 1.807) is 17.1 Å². The van der Waals surface area contributed by atoms with Crippen LogP contribution in [-0.2, 0) is 6.61 Å². The molecular weight excluding hydrogens is 518 g/mol. The number of nitrogens with zero attached hydrogens (tertiary/aromatic N) is 5. The minimum Gasteiger partial charge on any atom is -0.489 e. The third-order valence-corrected chi connectivity index (χ3v) is 6.87. The van der Waals surface area contributed by atoms with Crippen LogP contribution in [0.3, 0.4) is 0 Å². The van der Waals surface area contributed by atoms with Crippen LogP contribution in [0.25, 0.3) is 5.69 Å². The minimum absolute atomic E-state index is 0.194. The molecule has 1 fully saturated rings. The first-order valence-corrected chi connectivity index (χ1v) is 13.9. The van der Waals surface area contributed by atoms with Crippen LogP contribution < -0.4 is 20.9 Å². The van der Waals surface area contributed by atoms with Crippen molar-refractivity contribution in [2.24, 2.45) is 5.73 Å². The lowest BCUT2D eigenvalue weighted by Crippen LogP contribution is -2.29. The molecule has 1 saturated heterocycles. The van der Waals surface area contributed by atoms with Crippen LogP contribution in [0, 0.1) is 13.8 Å². The van der Waals surface area contributed by atoms with Crippen molar-refractivity contribution < 1.29 is 14.3 Å². The highest BCUT2D eigenvalue weighted by atomic mass is 16.5. The molecule has 0 saturated carbocycles. The fraction of sp³-hybridized carbons (Fsp3) is 0.355. The number of aryl methyl sites for hydroxylation is 2. The first kappa shape index (κ1) is 29.5. The van der Waals surface area contributed by atoms with Crippen LogP contribution in [0.5, 0.6) is 17.2 Å². The van der Waals surface area contributed by atoms with Crippen LogP contribution in [0.15, 0.2) is 54.9 Å². The minimum atomic E-state index is -0.607. The molecule has 10 heteroatoms. The first-order valence-electron chi connectivity index (χ1n) is 13.9. The lowest BCUT2D eigenvalue weighted by Gasteiger charge is -2.28. The quantitative estimate of drug-likeness (QED) is 0.303. The van der Waals surface area contributed by atoms with Gasteiger partial charge in [0, 0.05) is 29.9 Å². The number of rotatable bonds is 8. The van der Waals surface area contributed by atoms with E-state index in [1.807, 2.05) is 70.2 Å². The topological polar surface area (TPSA) is 134 Å². The predicted octanol–water partition coefficient (Wildman–Crippen LogP) is 5.17. The highest BCUT2D eigenvalue weighted by Crippen LogP contribution is 2.34. The van der Waals surface area contributed by atoms with Gasteiger partial charge in [0.05, 0.1) is 17.1 Å². The molecule has 1 amide bonds. The maximum Gasteiger partial charge on any atom is 0.269 e. The fourth-order valence-corrected chi connectivity index (χ4v) is 4.76. The standard InChI is InChI=1S/C29H33N7O3.C2H6/c1-18-12-24(38-17-20-15-32-19(2)33-16-20)14-25(13-18)39-23-6-4-22(5-7-23)36-28(29(31)37)26(30)27(34-36)21-8-10-35(3)11-9-21;1-2/h4-7,12-16,21H,8-11,17,30H2,1-3H3,(H2,31,37);1-2H3. The van der Waals surface area contributed by atoms with Gasteiger partial charge in [-0.3, -0.25) is 4.79 Å². The molecule has 0 atom stereocenters. The number of nitrogen functional groups attached to an aromatic ring is 1. The van der Waals surface area contributed by atoms with Crippen molar-refractivity contribution in [1.82, 2.24) is 24.6 Å². The van der Waals surface area contributed by atoms with Gasteiger partial charge in [-0.1, -0.05) is 13.8 Å². The molecule has 0 unspecified atom stereocenters. The highest BCUT2D eigenvalue weighted by Gasteiger charge is 2.28. The molecule has 41 heavy (non-hydrogen) atoms. The molecule has 2 aromatic heterocycles. The van der Waals surface area contributed by atoms with E-state index in [4.69, 9.17) is 26.0 Å². The fourth-order valence-electron chi connectivity index (χ4n) is 4.76. The summed E-state index contributed by atoms with van der Waals surface area (Å²) in [5, 5.41) is 4.74. The van der Waals surface area contributed by atoms with Crippen LogP contribution in [-0.4, -0.2) is 50.7 Å². The maximum atomic E-state index is 12.3. The molecule has 2 aromatic carbocycles. The molecule has 1 aliphatic rings. The van der Waals surface area contributed by atoms with E-state index in [0.717, 1.165) is 48.6 Å². The molecule has 0 spiro atoms. The first-order chi connectivity index (χ1) is 19.8. The Morgan fingerprint density at radius 1 is 0.976 bits per heavy atom. The summed E-state index contributed by atoms with van der Waals surface area (Å²) in [6.07, 6.45) is 5.38. The van der Waals surface area contributed by atoms with Gasteiger partial charge in [0.15, 0.2) is 5.69 Å². The molecule has 0 radical (unpaired) electrons. The molecule has 0 aliphatic carbocycles. The number of benzene rings is 2. The second-order valence-corrected chi connectivity index (χ2v) is 10.0. The number of aromatic nitrogens is 4. The number of carbonyl (C=O) groups excluding carboxylic acids is 1. The van der Waals surface area contributed by atoms with Crippen LogP contribution in [0.4, 0.5) is 5.69 Å². The van der Waals surface area contributed by atoms with Gasteiger partial charge in [-0.25, -0.2) is 14.6 Å². The summed E-state index contributed by atoms with van der Waals surface area (Å²) in [6, 6.07) is 13.0. The Morgan fingerprint density at radius 2 is 1.61 bits per heavy atom. The normalized spacial score (nSPS) is 13.8. The Bertz CT molecular complexity index is 1460. The molecule has 1 aliphatic heterocycles. The van der Waals surface area contributed by atoms with Crippen LogP contribution >= 0.6 is 0 Å². The molecule has 4 aromatic rings. The number of carbonyl (C=O) groups is 1. The molecule has 10 nitrogen and oxygen atoms in total. The van der Waals surface area contributed by atoms with Gasteiger partial charge >= 0.3 is 0 Å². The molecular formula is C31H39N7O3. The molecule has 5 rings (SSSR count). The summed E-state index contributed by atoms with van der Waals surface area (Å²) in [7, 11) is 2.10. The molecule has 3 heterocycles. The second kappa shape index (κ2) is 13.3. The zero-order valence-corrected chi connectivity index (χ0v) is 24.4. The number of hydrogen-bond acceptors (Lipinski definition) is 8. The van der Waals surface area contributed by atoms with Gasteiger partial charge in [-0.05, 0) is 88.8 Å². The lowest BCUT2D eigenvalue weighted by atomic mass is 9.93. The predicted molar refractivity (Wildman–Crippen MR) is 160 cm³/mol. The van der Waals surface area contributed by atoms with Crippen LogP contribution in [0.2, 0.25) is 0 Å². The number of ether oxygens (including phenoxy) is 2. The Balaban J connectivity index is 0.00000189. The number of primary amides is 1. The summed E-state index contributed by atoms with van der Waals surface area (Å²) in [5.41, 5.74) is 16.0. The van der Waals surface area contributed by atoms with Gasteiger partial charge in [0.1, 0.15) is 29.7 Å². The largest absolute Gasteiger partial charge is 0.489 e. The number of likely N-dealkylation sites (tertiary alicyclic amines) is 1. The Hall–Kier alpha value is -4.44. The third kappa shape index (κ3) is 7.20. The highest BCUT2D eigenvalue weighted by molar-refractivity contribution is 5.97. The Kier molecular flexibility index (Phi) is 9.57. The maximum absolute atomic E-state index is 12.3. The van der Waals surface area contributed by atoms with Gasteiger partial charge in [-0.15, -0.1) is 0 Å². The van der Waals surface area contributed by atoms with E-state index >= 15 is 0 Å². The summed E-state index contributed by atoms with van der Waals surface area (Å²) in [4.78, 5) is 23.0. The van der Waals surface area contributed by atoms with Crippen molar-refractivity contribution in [2.45, 2.75) is 53.1 Å². The number of anilines is 1. The van der Waals surface area contributed by atoms with E-state index in [2.05, 4.69) is 21.9 Å². The van der Waals surface area contributed by atoms with Crippen molar-refractivity contribution in [3.05, 3.63) is 83.2 Å². The van der Waals surface area contributed by atoms with Crippen molar-refractivity contribution in [3.63, 3.8) is 0 Å². The molecule has 216 valence electrons. The average Bonchev–Trinajstić information content (AvgIpc) is 3.31. The number of nitrogens with two attached hydrogens (primary N) is 2. The number of amides is 1. The zero-order valence-electron chi connectivity index (χ0n) is 24.4. The van der Waals surface area contributed by atoms with Crippen molar-refractivity contribution in [1.29, 1.82) is 0 Å². The van der Waals surface area contributed by atoms with Gasteiger partial charge in [0.2, 0.25) is 0 Å². The zero-order chi connectivity index (χ0) is 29.5. The summed E-state index contributed by atoms with van der Waals surface area (Å²) in [6.45, 7) is 10.1. The summed E-state index contributed by atoms with van der Waals surface area (Å²) >= 11 is 0. The molecule has 4 N–H and O–H groups in total. The van der Waals surface area contributed by atoms with E-state index < -0.39 is 5.91 Å². The summed E-state index contributed by atoms with van der Waals surface area (Å²) < 4.78 is 13.6. The smallest absolute Gasteiger partial charge is 0.269 e. The number of hydrogen-bond donors (Lipinski definition) is 2. The van der Waals surface area contributed by atoms with Crippen LogP contribution in [0.1, 0.15) is 65.7 Å². The lowest BCUT2D eigenvalue weighted by molar-refractivity contribution is 0.0993. The van der Waals surface area contributed by atoms with E-state index in [9.17, 15) is 4.79 Å². The Morgan fingerprint density at radius 3 is 2.24 bits per heavy atom. The number of piperidine rings is 1. The van der Waals surface area contributed by atoms with E-state index in [0.29, 0.717) is 35.2 Å². The summed E-state index contributed by atoms with van der Waals surface area (Å²) in [5.74, 6) is 2.25. The van der Waals surface area contributed by atoms with E-state index in [1.165, 1.54) is 0 Å². The third-order valence-electron chi connectivity index (χ3n) is 6.87. The van der Waals surface area contributed by atoms with Gasteiger partial charge < -0.3 is 25.8 Å². The average molecular weight is 558 g/mol. The monoisotopic (exact) mass is 557 g/mol. The van der Waals surface area contributed by atoms with E-state index in [-0.39, 0.29) is 11.6 Å². The van der Waals surface area contributed by atoms with Gasteiger partial charge in [-0.2, -0.15) is 5.10 Å². The SMILES string of the molecule is CC.Cc1cc(OCc2cnc(C)nc2)cc(Oc2ccc(-n3nc(C4CCN(C)CC4)c(N)c3C(N)=O)cc2)c1.